The molecule has 5 rings (SSSR count). The number of anilines is 1. The third kappa shape index (κ3) is 6.85. The van der Waals surface area contributed by atoms with Gasteiger partial charge in [0.05, 0.1) is 18.0 Å². The number of carbonyl (C=O) groups is 1. The molecule has 1 saturated heterocycles. The lowest BCUT2D eigenvalue weighted by atomic mass is 9.90. The standard InChI is InChI=1S/C31H37N5O3.H2O/c1-31(2,30(37)38)26-22-36-28(33-26)15-14-27(34-36)32-18-9-19-35-20-16-25(17-21-35)39-29(23-10-5-3-6-11-23)24-12-7-4-8-13-24;/h3-8,10-15,22,25,29H,9,16-21H2,1-2H3,(H,32,34)(H,37,38);1H2. The highest BCUT2D eigenvalue weighted by atomic mass is 16.5. The molecule has 4 N–H and O–H groups in total. The van der Waals surface area contributed by atoms with Gasteiger partial charge in [-0.3, -0.25) is 4.79 Å². The number of aliphatic carboxylic acids is 1. The smallest absolute Gasteiger partial charge is 0.315 e. The number of piperidine rings is 1. The van der Waals surface area contributed by atoms with Crippen LogP contribution in [0.1, 0.15) is 56.0 Å². The number of ether oxygens (including phenoxy) is 1. The Hall–Kier alpha value is -3.79. The minimum atomic E-state index is -1.07. The summed E-state index contributed by atoms with van der Waals surface area (Å²) in [7, 11) is 0. The minimum absolute atomic E-state index is 0. The molecular weight excluding hydrogens is 506 g/mol. The van der Waals surface area contributed by atoms with Crippen molar-refractivity contribution in [1.29, 1.82) is 0 Å². The zero-order chi connectivity index (χ0) is 27.2. The SMILES string of the molecule is CC(C)(C(=O)O)c1cn2nc(NCCCN3CCC(OC(c4ccccc4)c4ccccc4)CC3)ccc2n1.O. The predicted octanol–water partition coefficient (Wildman–Crippen LogP) is 4.34. The van der Waals surface area contributed by atoms with Crippen molar-refractivity contribution in [3.8, 4) is 0 Å². The van der Waals surface area contributed by atoms with Gasteiger partial charge in [-0.05, 0) is 62.9 Å². The van der Waals surface area contributed by atoms with Crippen LogP contribution < -0.4 is 5.32 Å². The van der Waals surface area contributed by atoms with E-state index in [1.54, 1.807) is 24.6 Å². The summed E-state index contributed by atoms with van der Waals surface area (Å²) in [6.07, 6.45) is 4.95. The average Bonchev–Trinajstić information content (AvgIpc) is 3.40. The lowest BCUT2D eigenvalue weighted by molar-refractivity contribution is -0.142. The van der Waals surface area contributed by atoms with Crippen LogP contribution in [0.4, 0.5) is 5.82 Å². The maximum absolute atomic E-state index is 11.6. The summed E-state index contributed by atoms with van der Waals surface area (Å²) >= 11 is 0. The molecule has 0 spiro atoms. The van der Waals surface area contributed by atoms with Gasteiger partial charge in [0.15, 0.2) is 5.65 Å². The van der Waals surface area contributed by atoms with Gasteiger partial charge < -0.3 is 25.5 Å². The Morgan fingerprint density at radius 2 is 1.65 bits per heavy atom. The Labute approximate surface area is 235 Å². The lowest BCUT2D eigenvalue weighted by Gasteiger charge is -2.34. The highest BCUT2D eigenvalue weighted by molar-refractivity contribution is 5.79. The first-order chi connectivity index (χ1) is 18.9. The predicted molar refractivity (Wildman–Crippen MR) is 156 cm³/mol. The van der Waals surface area contributed by atoms with Crippen LogP contribution >= 0.6 is 0 Å². The third-order valence-corrected chi connectivity index (χ3v) is 7.52. The van der Waals surface area contributed by atoms with E-state index in [9.17, 15) is 9.90 Å². The van der Waals surface area contributed by atoms with Gasteiger partial charge in [0.25, 0.3) is 0 Å². The van der Waals surface area contributed by atoms with Gasteiger partial charge in [-0.1, -0.05) is 60.7 Å². The first-order valence-corrected chi connectivity index (χ1v) is 13.7. The van der Waals surface area contributed by atoms with Gasteiger partial charge in [-0.15, -0.1) is 5.10 Å². The van der Waals surface area contributed by atoms with Gasteiger partial charge in [0.1, 0.15) is 17.3 Å². The molecule has 0 atom stereocenters. The van der Waals surface area contributed by atoms with Gasteiger partial charge in [-0.25, -0.2) is 9.50 Å². The molecule has 40 heavy (non-hydrogen) atoms. The number of hydrogen-bond donors (Lipinski definition) is 2. The van der Waals surface area contributed by atoms with E-state index in [1.165, 1.54) is 11.1 Å². The molecule has 0 aliphatic carbocycles. The number of hydrogen-bond acceptors (Lipinski definition) is 6. The number of carboxylic acids is 1. The molecular formula is C31H39N5O4. The Morgan fingerprint density at radius 3 is 2.25 bits per heavy atom. The number of carboxylic acid groups (broad SMARTS) is 1. The first kappa shape index (κ1) is 29.2. The van der Waals surface area contributed by atoms with Crippen molar-refractivity contribution in [2.45, 2.75) is 50.7 Å². The van der Waals surface area contributed by atoms with Gasteiger partial charge in [0, 0.05) is 19.6 Å². The number of aromatic nitrogens is 3. The van der Waals surface area contributed by atoms with E-state index in [2.05, 4.69) is 68.8 Å². The zero-order valence-electron chi connectivity index (χ0n) is 23.2. The number of nitrogens with zero attached hydrogens (tertiary/aromatic N) is 4. The maximum atomic E-state index is 11.6. The highest BCUT2D eigenvalue weighted by Crippen LogP contribution is 2.30. The number of fused-ring (bicyclic) bond motifs is 1. The van der Waals surface area contributed by atoms with Crippen molar-refractivity contribution in [2.24, 2.45) is 0 Å². The summed E-state index contributed by atoms with van der Waals surface area (Å²) in [5.41, 5.74) is 2.45. The second-order valence-corrected chi connectivity index (χ2v) is 10.7. The number of benzene rings is 2. The highest BCUT2D eigenvalue weighted by Gasteiger charge is 2.32. The second-order valence-electron chi connectivity index (χ2n) is 10.7. The number of likely N-dealkylation sites (tertiary alicyclic amines) is 1. The molecule has 0 radical (unpaired) electrons. The van der Waals surface area contributed by atoms with Crippen molar-refractivity contribution in [2.75, 3.05) is 31.5 Å². The summed E-state index contributed by atoms with van der Waals surface area (Å²) in [5.74, 6) is -0.161. The van der Waals surface area contributed by atoms with Gasteiger partial charge in [0.2, 0.25) is 0 Å². The summed E-state index contributed by atoms with van der Waals surface area (Å²) < 4.78 is 8.32. The van der Waals surface area contributed by atoms with E-state index in [4.69, 9.17) is 4.74 Å². The molecule has 9 nitrogen and oxygen atoms in total. The Bertz CT molecular complexity index is 1330. The summed E-state index contributed by atoms with van der Waals surface area (Å²) in [4.78, 5) is 18.5. The van der Waals surface area contributed by atoms with E-state index in [0.717, 1.165) is 51.3 Å². The van der Waals surface area contributed by atoms with Gasteiger partial charge in [-0.2, -0.15) is 0 Å². The fourth-order valence-corrected chi connectivity index (χ4v) is 4.97. The van der Waals surface area contributed by atoms with Gasteiger partial charge >= 0.3 is 5.97 Å². The van der Waals surface area contributed by atoms with Crippen LogP contribution in [-0.2, 0) is 14.9 Å². The fourth-order valence-electron chi connectivity index (χ4n) is 4.97. The number of rotatable bonds is 11. The normalized spacial score (nSPS) is 14.8. The van der Waals surface area contributed by atoms with Crippen LogP contribution in [0.2, 0.25) is 0 Å². The Morgan fingerprint density at radius 1 is 1.02 bits per heavy atom. The largest absolute Gasteiger partial charge is 0.481 e. The molecule has 0 saturated carbocycles. The van der Waals surface area contributed by atoms with Crippen LogP contribution in [0.3, 0.4) is 0 Å². The monoisotopic (exact) mass is 545 g/mol. The van der Waals surface area contributed by atoms with Crippen LogP contribution in [0.5, 0.6) is 0 Å². The molecule has 2 aromatic heterocycles. The maximum Gasteiger partial charge on any atom is 0.315 e. The van der Waals surface area contributed by atoms with E-state index in [-0.39, 0.29) is 17.7 Å². The third-order valence-electron chi connectivity index (χ3n) is 7.52. The Balaban J connectivity index is 0.00000370. The van der Waals surface area contributed by atoms with Crippen LogP contribution in [-0.4, -0.2) is 68.3 Å². The molecule has 4 aromatic rings. The quantitative estimate of drug-likeness (QED) is 0.269. The second kappa shape index (κ2) is 13.0. The molecule has 2 aromatic carbocycles. The van der Waals surface area contributed by atoms with E-state index in [1.807, 2.05) is 24.3 Å². The molecule has 1 fully saturated rings. The van der Waals surface area contributed by atoms with Crippen LogP contribution in [0.15, 0.2) is 79.0 Å². The summed E-state index contributed by atoms with van der Waals surface area (Å²) in [6, 6.07) is 24.7. The lowest BCUT2D eigenvalue weighted by Crippen LogP contribution is -2.38. The number of nitrogens with one attached hydrogen (secondary N) is 1. The van der Waals surface area contributed by atoms with Crippen LogP contribution in [0.25, 0.3) is 5.65 Å². The minimum Gasteiger partial charge on any atom is -0.481 e. The van der Waals surface area contributed by atoms with Crippen molar-refractivity contribution >= 4 is 17.4 Å². The molecule has 0 unspecified atom stereocenters. The molecule has 0 bridgehead atoms. The van der Waals surface area contributed by atoms with Crippen molar-refractivity contribution in [3.63, 3.8) is 0 Å². The fraction of sp³-hybridized carbons (Fsp3) is 0.387. The first-order valence-electron chi connectivity index (χ1n) is 13.7. The van der Waals surface area contributed by atoms with E-state index in [0.29, 0.717) is 11.3 Å². The Kier molecular flexibility index (Phi) is 9.52. The van der Waals surface area contributed by atoms with Crippen molar-refractivity contribution in [1.82, 2.24) is 19.5 Å². The van der Waals surface area contributed by atoms with E-state index < -0.39 is 11.4 Å². The van der Waals surface area contributed by atoms with Crippen molar-refractivity contribution in [3.05, 3.63) is 95.8 Å². The molecule has 3 heterocycles. The molecule has 1 aliphatic rings. The van der Waals surface area contributed by atoms with Crippen molar-refractivity contribution < 1.29 is 20.1 Å². The molecule has 212 valence electrons. The summed E-state index contributed by atoms with van der Waals surface area (Å²) in [6.45, 7) is 7.18. The molecule has 0 amide bonds. The average molecular weight is 546 g/mol. The molecule has 9 heteroatoms. The molecule has 1 aliphatic heterocycles. The zero-order valence-corrected chi connectivity index (χ0v) is 23.2. The van der Waals surface area contributed by atoms with E-state index >= 15 is 0 Å². The number of imidazole rings is 1. The van der Waals surface area contributed by atoms with Crippen LogP contribution in [0, 0.1) is 0 Å². The topological polar surface area (TPSA) is 123 Å². The summed E-state index contributed by atoms with van der Waals surface area (Å²) in [5, 5.41) is 17.4.